The van der Waals surface area contributed by atoms with Gasteiger partial charge in [0.2, 0.25) is 0 Å². The number of pyridine rings is 1. The molecule has 3 rings (SSSR count). The zero-order valence-electron chi connectivity index (χ0n) is 14.8. The average molecular weight is 373 g/mol. The number of anilines is 1. The number of carbonyl (C=O) groups excluding carboxylic acids is 2. The highest BCUT2D eigenvalue weighted by Crippen LogP contribution is 2.18. The van der Waals surface area contributed by atoms with Crippen LogP contribution in [0.3, 0.4) is 0 Å². The Kier molecular flexibility index (Phi) is 6.11. The van der Waals surface area contributed by atoms with Crippen molar-refractivity contribution >= 4 is 17.5 Å². The highest BCUT2D eigenvalue weighted by Gasteiger charge is 2.18. The SMILES string of the molecule is O=C(NC1CCCCCC1)c1ccnc(C(=O)Nc2ccc(F)cc2F)c1. The largest absolute Gasteiger partial charge is 0.349 e. The second-order valence-electron chi connectivity index (χ2n) is 6.67. The summed E-state index contributed by atoms with van der Waals surface area (Å²) in [5, 5.41) is 5.34. The Bertz CT molecular complexity index is 834. The molecule has 0 saturated heterocycles. The number of aromatic nitrogens is 1. The molecule has 1 saturated carbocycles. The molecule has 0 spiro atoms. The van der Waals surface area contributed by atoms with Gasteiger partial charge < -0.3 is 10.6 Å². The molecule has 2 N–H and O–H groups in total. The van der Waals surface area contributed by atoms with Crippen LogP contribution in [0.15, 0.2) is 36.5 Å². The summed E-state index contributed by atoms with van der Waals surface area (Å²) in [5.74, 6) is -2.55. The Morgan fingerprint density at radius 1 is 0.963 bits per heavy atom. The maximum Gasteiger partial charge on any atom is 0.274 e. The molecule has 0 aliphatic heterocycles. The predicted molar refractivity (Wildman–Crippen MR) is 97.5 cm³/mol. The zero-order chi connectivity index (χ0) is 19.2. The minimum absolute atomic E-state index is 0.0211. The van der Waals surface area contributed by atoms with E-state index in [0.717, 1.165) is 37.8 Å². The van der Waals surface area contributed by atoms with E-state index in [9.17, 15) is 18.4 Å². The molecule has 0 atom stereocenters. The van der Waals surface area contributed by atoms with E-state index in [0.29, 0.717) is 11.6 Å². The van der Waals surface area contributed by atoms with E-state index in [1.165, 1.54) is 31.2 Å². The molecule has 5 nitrogen and oxygen atoms in total. The Labute approximate surface area is 156 Å². The minimum Gasteiger partial charge on any atom is -0.349 e. The fourth-order valence-corrected chi connectivity index (χ4v) is 3.17. The maximum absolute atomic E-state index is 13.7. The first-order valence-electron chi connectivity index (χ1n) is 9.06. The summed E-state index contributed by atoms with van der Waals surface area (Å²) in [4.78, 5) is 28.7. The highest BCUT2D eigenvalue weighted by molar-refractivity contribution is 6.04. The standard InChI is InChI=1S/C20H21F2N3O2/c21-14-7-8-17(16(22)12-14)25-20(27)18-11-13(9-10-23-18)19(26)24-15-5-3-1-2-4-6-15/h7-12,15H,1-6H2,(H,24,26)(H,25,27). The van der Waals surface area contributed by atoms with Crippen LogP contribution in [-0.2, 0) is 0 Å². The summed E-state index contributed by atoms with van der Waals surface area (Å²) in [6, 6.07) is 5.89. The normalized spacial score (nSPS) is 15.0. The van der Waals surface area contributed by atoms with Crippen molar-refractivity contribution in [1.82, 2.24) is 10.3 Å². The van der Waals surface area contributed by atoms with E-state index in [2.05, 4.69) is 15.6 Å². The number of amides is 2. The number of nitrogens with one attached hydrogen (secondary N) is 2. The van der Waals surface area contributed by atoms with E-state index in [-0.39, 0.29) is 23.3 Å². The van der Waals surface area contributed by atoms with Crippen LogP contribution in [0, 0.1) is 11.6 Å². The van der Waals surface area contributed by atoms with Crippen molar-refractivity contribution < 1.29 is 18.4 Å². The third-order valence-corrected chi connectivity index (χ3v) is 4.62. The van der Waals surface area contributed by atoms with E-state index in [1.807, 2.05) is 0 Å². The lowest BCUT2D eigenvalue weighted by Gasteiger charge is -2.16. The summed E-state index contributed by atoms with van der Waals surface area (Å²) >= 11 is 0. The Morgan fingerprint density at radius 3 is 2.41 bits per heavy atom. The van der Waals surface area contributed by atoms with Gasteiger partial charge in [0, 0.05) is 23.9 Å². The Hall–Kier alpha value is -2.83. The van der Waals surface area contributed by atoms with E-state index >= 15 is 0 Å². The van der Waals surface area contributed by atoms with E-state index < -0.39 is 17.5 Å². The van der Waals surface area contributed by atoms with E-state index in [4.69, 9.17) is 0 Å². The van der Waals surface area contributed by atoms with Crippen molar-refractivity contribution in [2.45, 2.75) is 44.6 Å². The van der Waals surface area contributed by atoms with Gasteiger partial charge in [-0.05, 0) is 37.1 Å². The van der Waals surface area contributed by atoms with Crippen LogP contribution in [0.4, 0.5) is 14.5 Å². The van der Waals surface area contributed by atoms with Gasteiger partial charge >= 0.3 is 0 Å². The molecule has 1 aliphatic carbocycles. The van der Waals surface area contributed by atoms with Crippen molar-refractivity contribution in [3.05, 3.63) is 59.4 Å². The maximum atomic E-state index is 13.7. The van der Waals surface area contributed by atoms with Crippen LogP contribution >= 0.6 is 0 Å². The molecule has 7 heteroatoms. The molecular formula is C20H21F2N3O2. The number of hydrogen-bond acceptors (Lipinski definition) is 3. The number of rotatable bonds is 4. The summed E-state index contributed by atoms with van der Waals surface area (Å²) in [6.45, 7) is 0. The molecule has 1 fully saturated rings. The van der Waals surface area contributed by atoms with Crippen molar-refractivity contribution in [2.75, 3.05) is 5.32 Å². The van der Waals surface area contributed by atoms with Crippen molar-refractivity contribution in [3.8, 4) is 0 Å². The molecule has 2 aromatic rings. The van der Waals surface area contributed by atoms with Crippen LogP contribution in [-0.4, -0.2) is 22.8 Å². The van der Waals surface area contributed by atoms with Crippen molar-refractivity contribution in [3.63, 3.8) is 0 Å². The molecular weight excluding hydrogens is 352 g/mol. The molecule has 1 aromatic heterocycles. The fraction of sp³-hybridized carbons (Fsp3) is 0.350. The van der Waals surface area contributed by atoms with Crippen molar-refractivity contribution in [1.29, 1.82) is 0 Å². The fourth-order valence-electron chi connectivity index (χ4n) is 3.17. The highest BCUT2D eigenvalue weighted by atomic mass is 19.1. The number of nitrogens with zero attached hydrogens (tertiary/aromatic N) is 1. The van der Waals surface area contributed by atoms with Gasteiger partial charge in [0.25, 0.3) is 11.8 Å². The third-order valence-electron chi connectivity index (χ3n) is 4.62. The lowest BCUT2D eigenvalue weighted by atomic mass is 10.1. The van der Waals surface area contributed by atoms with Crippen LogP contribution in [0.2, 0.25) is 0 Å². The van der Waals surface area contributed by atoms with Gasteiger partial charge in [0.1, 0.15) is 17.3 Å². The molecule has 27 heavy (non-hydrogen) atoms. The molecule has 1 aliphatic rings. The smallest absolute Gasteiger partial charge is 0.274 e. The molecule has 0 bridgehead atoms. The summed E-state index contributed by atoms with van der Waals surface area (Å²) in [7, 11) is 0. The Balaban J connectivity index is 1.68. The van der Waals surface area contributed by atoms with Gasteiger partial charge in [0.15, 0.2) is 0 Å². The van der Waals surface area contributed by atoms with Gasteiger partial charge in [-0.3, -0.25) is 14.6 Å². The first-order chi connectivity index (χ1) is 13.0. The average Bonchev–Trinajstić information content (AvgIpc) is 2.92. The van der Waals surface area contributed by atoms with Crippen LogP contribution in [0.5, 0.6) is 0 Å². The summed E-state index contributed by atoms with van der Waals surface area (Å²) in [6.07, 6.45) is 7.83. The molecule has 0 unspecified atom stereocenters. The second-order valence-corrected chi connectivity index (χ2v) is 6.67. The van der Waals surface area contributed by atoms with Crippen LogP contribution < -0.4 is 10.6 Å². The molecule has 142 valence electrons. The summed E-state index contributed by atoms with van der Waals surface area (Å²) < 4.78 is 26.6. The van der Waals surface area contributed by atoms with E-state index in [1.54, 1.807) is 0 Å². The molecule has 2 amide bonds. The second kappa shape index (κ2) is 8.70. The number of carbonyl (C=O) groups is 2. The first-order valence-corrected chi connectivity index (χ1v) is 9.06. The quantitative estimate of drug-likeness (QED) is 0.794. The minimum atomic E-state index is -0.884. The van der Waals surface area contributed by atoms with Gasteiger partial charge in [0.05, 0.1) is 5.69 Å². The van der Waals surface area contributed by atoms with Crippen molar-refractivity contribution in [2.24, 2.45) is 0 Å². The lowest BCUT2D eigenvalue weighted by molar-refractivity contribution is 0.0933. The van der Waals surface area contributed by atoms with Gasteiger partial charge in [-0.25, -0.2) is 8.78 Å². The molecule has 0 radical (unpaired) electrons. The monoisotopic (exact) mass is 373 g/mol. The summed E-state index contributed by atoms with van der Waals surface area (Å²) in [5.41, 5.74) is 0.141. The van der Waals surface area contributed by atoms with Crippen LogP contribution in [0.25, 0.3) is 0 Å². The lowest BCUT2D eigenvalue weighted by Crippen LogP contribution is -2.34. The number of hydrogen-bond donors (Lipinski definition) is 2. The number of benzene rings is 1. The zero-order valence-corrected chi connectivity index (χ0v) is 14.8. The van der Waals surface area contributed by atoms with Gasteiger partial charge in [-0.1, -0.05) is 25.7 Å². The topological polar surface area (TPSA) is 71.1 Å². The van der Waals surface area contributed by atoms with Gasteiger partial charge in [-0.15, -0.1) is 0 Å². The first kappa shape index (κ1) is 18.9. The Morgan fingerprint density at radius 2 is 1.70 bits per heavy atom. The third kappa shape index (κ3) is 5.09. The predicted octanol–water partition coefficient (Wildman–Crippen LogP) is 4.06. The van der Waals surface area contributed by atoms with Gasteiger partial charge in [-0.2, -0.15) is 0 Å². The molecule has 1 aromatic carbocycles. The number of halogens is 2. The van der Waals surface area contributed by atoms with Crippen LogP contribution in [0.1, 0.15) is 59.4 Å². The molecule has 1 heterocycles.